The number of amides is 2. The Kier molecular flexibility index (Phi) is 6.00. The molecular formula is C17H23BrN2O2. The van der Waals surface area contributed by atoms with E-state index in [-0.39, 0.29) is 17.9 Å². The molecule has 2 amide bonds. The molecule has 1 aliphatic rings. The molecule has 1 aliphatic heterocycles. The van der Waals surface area contributed by atoms with Crippen LogP contribution in [-0.4, -0.2) is 35.1 Å². The van der Waals surface area contributed by atoms with Crippen molar-refractivity contribution in [1.82, 2.24) is 10.2 Å². The average Bonchev–Trinajstić information content (AvgIpc) is 2.54. The van der Waals surface area contributed by atoms with Crippen molar-refractivity contribution in [2.75, 3.05) is 18.4 Å². The largest absolute Gasteiger partial charge is 0.350 e. The molecule has 0 aliphatic carbocycles. The number of carbonyl (C=O) groups excluding carboxylic acids is 2. The Morgan fingerprint density at radius 2 is 1.86 bits per heavy atom. The Balaban J connectivity index is 1.94. The number of halogens is 1. The van der Waals surface area contributed by atoms with Crippen molar-refractivity contribution in [3.05, 3.63) is 35.4 Å². The molecule has 5 heteroatoms. The quantitative estimate of drug-likeness (QED) is 0.832. The number of nitrogens with one attached hydrogen (secondary N) is 1. The van der Waals surface area contributed by atoms with Gasteiger partial charge >= 0.3 is 0 Å². The van der Waals surface area contributed by atoms with Crippen LogP contribution in [0, 0.1) is 0 Å². The number of carbonyl (C=O) groups is 2. The van der Waals surface area contributed by atoms with E-state index in [9.17, 15) is 9.59 Å². The molecule has 1 saturated heterocycles. The van der Waals surface area contributed by atoms with E-state index in [1.54, 1.807) is 0 Å². The van der Waals surface area contributed by atoms with E-state index < -0.39 is 0 Å². The van der Waals surface area contributed by atoms with Gasteiger partial charge in [-0.2, -0.15) is 0 Å². The van der Waals surface area contributed by atoms with Crippen molar-refractivity contribution in [1.29, 1.82) is 0 Å². The van der Waals surface area contributed by atoms with E-state index in [1.807, 2.05) is 11.8 Å². The maximum Gasteiger partial charge on any atom is 0.233 e. The molecule has 1 aromatic carbocycles. The van der Waals surface area contributed by atoms with Gasteiger partial charge in [-0.1, -0.05) is 40.2 Å². The van der Waals surface area contributed by atoms with E-state index in [2.05, 4.69) is 45.5 Å². The van der Waals surface area contributed by atoms with Crippen molar-refractivity contribution >= 4 is 27.7 Å². The van der Waals surface area contributed by atoms with Gasteiger partial charge in [0.05, 0.1) is 11.4 Å². The molecule has 120 valence electrons. The highest BCUT2D eigenvalue weighted by molar-refractivity contribution is 9.09. The molecule has 1 aromatic rings. The summed E-state index contributed by atoms with van der Waals surface area (Å²) in [5.41, 5.74) is 2.44. The fourth-order valence-electron chi connectivity index (χ4n) is 2.99. The van der Waals surface area contributed by atoms with Gasteiger partial charge in [0, 0.05) is 20.0 Å². The second kappa shape index (κ2) is 7.77. The van der Waals surface area contributed by atoms with Crippen LogP contribution in [-0.2, 0) is 9.59 Å². The van der Waals surface area contributed by atoms with Crippen LogP contribution < -0.4 is 5.32 Å². The molecule has 0 bridgehead atoms. The minimum Gasteiger partial charge on any atom is -0.350 e. The first kappa shape index (κ1) is 17.0. The predicted molar refractivity (Wildman–Crippen MR) is 91.0 cm³/mol. The molecule has 0 saturated carbocycles. The number of rotatable bonds is 4. The number of piperidine rings is 1. The fraction of sp³-hybridized carbons (Fsp3) is 0.529. The maximum absolute atomic E-state index is 11.7. The molecule has 2 rings (SSSR count). The van der Waals surface area contributed by atoms with E-state index in [1.165, 1.54) is 12.5 Å². The van der Waals surface area contributed by atoms with Gasteiger partial charge < -0.3 is 10.2 Å². The van der Waals surface area contributed by atoms with Crippen LogP contribution in [0.4, 0.5) is 0 Å². The third-order valence-electron chi connectivity index (χ3n) is 4.29. The number of hydrogen-bond donors (Lipinski definition) is 1. The Labute approximate surface area is 140 Å². The summed E-state index contributed by atoms with van der Waals surface area (Å²) in [5.74, 6) is 0.683. The Hall–Kier alpha value is -1.36. The molecule has 4 nitrogen and oxygen atoms in total. The first-order valence-corrected chi connectivity index (χ1v) is 8.84. The molecular weight excluding hydrogens is 344 g/mol. The van der Waals surface area contributed by atoms with Crippen molar-refractivity contribution in [3.8, 4) is 0 Å². The fourth-order valence-corrected chi connectivity index (χ4v) is 3.35. The Bertz CT molecular complexity index is 522. The van der Waals surface area contributed by atoms with E-state index >= 15 is 0 Å². The third kappa shape index (κ3) is 4.32. The van der Waals surface area contributed by atoms with Crippen molar-refractivity contribution in [2.24, 2.45) is 0 Å². The lowest BCUT2D eigenvalue weighted by Gasteiger charge is -2.32. The van der Waals surface area contributed by atoms with Gasteiger partial charge in [0.25, 0.3) is 0 Å². The number of alkyl halides is 1. The lowest BCUT2D eigenvalue weighted by atomic mass is 9.88. The number of likely N-dealkylation sites (tertiary alicyclic amines) is 1. The average molecular weight is 367 g/mol. The summed E-state index contributed by atoms with van der Waals surface area (Å²) >= 11 is 3.23. The zero-order valence-corrected chi connectivity index (χ0v) is 14.7. The molecule has 1 N–H and O–H groups in total. The van der Waals surface area contributed by atoms with Crippen molar-refractivity contribution in [2.45, 2.75) is 38.6 Å². The van der Waals surface area contributed by atoms with Crippen LogP contribution in [0.25, 0.3) is 0 Å². The zero-order valence-electron chi connectivity index (χ0n) is 13.1. The topological polar surface area (TPSA) is 49.4 Å². The van der Waals surface area contributed by atoms with Gasteiger partial charge in [-0.25, -0.2) is 0 Å². The minimum absolute atomic E-state index is 0.0135. The molecule has 0 spiro atoms. The SMILES string of the molecule is CC(=O)NC(C)c1ccc(C2CCN(C(=O)CBr)CC2)cc1. The lowest BCUT2D eigenvalue weighted by Crippen LogP contribution is -2.38. The highest BCUT2D eigenvalue weighted by atomic mass is 79.9. The first-order chi connectivity index (χ1) is 10.5. The third-order valence-corrected chi connectivity index (χ3v) is 4.77. The molecule has 1 heterocycles. The van der Waals surface area contributed by atoms with Crippen LogP contribution in [0.5, 0.6) is 0 Å². The van der Waals surface area contributed by atoms with Crippen LogP contribution in [0.2, 0.25) is 0 Å². The summed E-state index contributed by atoms with van der Waals surface area (Å²) in [6, 6.07) is 8.52. The monoisotopic (exact) mass is 366 g/mol. The van der Waals surface area contributed by atoms with Crippen LogP contribution >= 0.6 is 15.9 Å². The number of nitrogens with zero attached hydrogens (tertiary/aromatic N) is 1. The van der Waals surface area contributed by atoms with E-state index in [0.717, 1.165) is 31.5 Å². The van der Waals surface area contributed by atoms with Crippen LogP contribution in [0.1, 0.15) is 49.8 Å². The van der Waals surface area contributed by atoms with Gasteiger partial charge in [-0.15, -0.1) is 0 Å². The second-order valence-electron chi connectivity index (χ2n) is 5.88. The minimum atomic E-state index is -0.0135. The van der Waals surface area contributed by atoms with Gasteiger partial charge in [-0.05, 0) is 36.8 Å². The van der Waals surface area contributed by atoms with E-state index in [4.69, 9.17) is 0 Å². The number of hydrogen-bond acceptors (Lipinski definition) is 2. The van der Waals surface area contributed by atoms with Crippen molar-refractivity contribution < 1.29 is 9.59 Å². The summed E-state index contributed by atoms with van der Waals surface area (Å²) in [6.45, 7) is 5.19. The molecule has 1 atom stereocenters. The molecule has 1 fully saturated rings. The summed E-state index contributed by atoms with van der Waals surface area (Å²) in [4.78, 5) is 24.7. The van der Waals surface area contributed by atoms with Gasteiger partial charge in [0.15, 0.2) is 0 Å². The molecule has 22 heavy (non-hydrogen) atoms. The van der Waals surface area contributed by atoms with Gasteiger partial charge in [0.1, 0.15) is 0 Å². The summed E-state index contributed by atoms with van der Waals surface area (Å²) in [7, 11) is 0. The number of benzene rings is 1. The van der Waals surface area contributed by atoms with Gasteiger partial charge in [-0.3, -0.25) is 9.59 Å². The predicted octanol–water partition coefficient (Wildman–Crippen LogP) is 2.98. The highest BCUT2D eigenvalue weighted by Gasteiger charge is 2.23. The van der Waals surface area contributed by atoms with Crippen molar-refractivity contribution in [3.63, 3.8) is 0 Å². The highest BCUT2D eigenvalue weighted by Crippen LogP contribution is 2.29. The van der Waals surface area contributed by atoms with Crippen LogP contribution in [0.15, 0.2) is 24.3 Å². The van der Waals surface area contributed by atoms with E-state index in [0.29, 0.717) is 11.2 Å². The maximum atomic E-state index is 11.7. The van der Waals surface area contributed by atoms with Crippen LogP contribution in [0.3, 0.4) is 0 Å². The lowest BCUT2D eigenvalue weighted by molar-refractivity contribution is -0.129. The smallest absolute Gasteiger partial charge is 0.233 e. The van der Waals surface area contributed by atoms with Gasteiger partial charge in [0.2, 0.25) is 11.8 Å². The molecule has 1 unspecified atom stereocenters. The molecule has 0 radical (unpaired) electrons. The first-order valence-electron chi connectivity index (χ1n) is 7.72. The second-order valence-corrected chi connectivity index (χ2v) is 6.44. The summed E-state index contributed by atoms with van der Waals surface area (Å²) in [6.07, 6.45) is 2.03. The Morgan fingerprint density at radius 3 is 2.36 bits per heavy atom. The zero-order chi connectivity index (χ0) is 16.1. The standard InChI is InChI=1S/C17H23BrN2O2/c1-12(19-13(2)21)14-3-5-15(6-4-14)16-7-9-20(10-8-16)17(22)11-18/h3-6,12,16H,7-11H2,1-2H3,(H,19,21). The molecule has 0 aromatic heterocycles. The summed E-state index contributed by atoms with van der Waals surface area (Å²) < 4.78 is 0. The Morgan fingerprint density at radius 1 is 1.27 bits per heavy atom. The summed E-state index contributed by atoms with van der Waals surface area (Å²) in [5, 5.41) is 3.31. The normalized spacial score (nSPS) is 17.1.